The van der Waals surface area contributed by atoms with Crippen molar-refractivity contribution in [2.45, 2.75) is 37.6 Å². The van der Waals surface area contributed by atoms with E-state index in [0.29, 0.717) is 0 Å². The molecule has 7 nitrogen and oxygen atoms in total. The van der Waals surface area contributed by atoms with Crippen LogP contribution in [0.15, 0.2) is 60.7 Å². The number of hydrogen-bond acceptors (Lipinski definition) is 4. The number of fused-ring (bicyclic) bond motifs is 3. The van der Waals surface area contributed by atoms with Crippen molar-refractivity contribution < 1.29 is 9.90 Å². The molecular weight excluding hydrogens is 438 g/mol. The highest BCUT2D eigenvalue weighted by atomic mass is 16.4. The van der Waals surface area contributed by atoms with E-state index in [9.17, 15) is 9.90 Å². The molecule has 0 aliphatic heterocycles. The van der Waals surface area contributed by atoms with Gasteiger partial charge >= 0.3 is 6.09 Å². The maximum atomic E-state index is 11.4. The third-order valence-electron chi connectivity index (χ3n) is 7.44. The monoisotopic (exact) mass is 465 g/mol. The molecule has 0 saturated heterocycles. The number of nitrogens with one attached hydrogen (secondary N) is 3. The molecule has 0 unspecified atom stereocenters. The Kier molecular flexibility index (Phi) is 5.06. The quantitative estimate of drug-likeness (QED) is 0.308. The number of carbonyl (C=O) groups is 1. The molecule has 0 radical (unpaired) electrons. The van der Waals surface area contributed by atoms with Crippen molar-refractivity contribution >= 4 is 11.9 Å². The summed E-state index contributed by atoms with van der Waals surface area (Å²) >= 11 is 0. The van der Waals surface area contributed by atoms with Gasteiger partial charge in [-0.15, -0.1) is 0 Å². The van der Waals surface area contributed by atoms with Crippen LogP contribution in [-0.2, 0) is 18.4 Å². The second-order valence-electron chi connectivity index (χ2n) is 9.36. The molecule has 2 aliphatic rings. The van der Waals surface area contributed by atoms with E-state index in [-0.39, 0.29) is 0 Å². The van der Waals surface area contributed by atoms with Gasteiger partial charge in [-0.25, -0.2) is 4.79 Å². The van der Waals surface area contributed by atoms with E-state index in [0.717, 1.165) is 82.8 Å². The van der Waals surface area contributed by atoms with Gasteiger partial charge in [0.1, 0.15) is 0 Å². The van der Waals surface area contributed by atoms with E-state index in [1.54, 1.807) is 0 Å². The van der Waals surface area contributed by atoms with Gasteiger partial charge in [0.15, 0.2) is 5.82 Å². The molecule has 1 fully saturated rings. The first kappa shape index (κ1) is 21.4. The Labute approximate surface area is 203 Å². The number of hydrogen-bond donors (Lipinski definition) is 4. The van der Waals surface area contributed by atoms with Crippen molar-refractivity contribution in [1.82, 2.24) is 20.5 Å². The fraction of sp³-hybridized carbons (Fsp3) is 0.250. The summed E-state index contributed by atoms with van der Waals surface area (Å²) < 4.78 is 0. The number of aryl methyl sites for hydroxylation is 1. The van der Waals surface area contributed by atoms with E-state index < -0.39 is 11.6 Å². The normalized spacial score (nSPS) is 15.5. The van der Waals surface area contributed by atoms with E-state index in [1.165, 1.54) is 5.56 Å². The molecule has 4 aromatic rings. The lowest BCUT2D eigenvalue weighted by Crippen LogP contribution is -2.50. The number of pyridine rings is 1. The number of carboxylic acid groups (broad SMARTS) is 1. The summed E-state index contributed by atoms with van der Waals surface area (Å²) in [5, 5.41) is 22.9. The van der Waals surface area contributed by atoms with Gasteiger partial charge in [0, 0.05) is 29.3 Å². The topological polar surface area (TPSA) is 103 Å². The Bertz CT molecular complexity index is 1410. The number of nitrogens with zero attached hydrogens (tertiary/aromatic N) is 2. The van der Waals surface area contributed by atoms with Crippen LogP contribution in [0.25, 0.3) is 33.6 Å². The second kappa shape index (κ2) is 8.27. The average Bonchev–Trinajstić information content (AvgIpc) is 3.30. The maximum Gasteiger partial charge on any atom is 0.405 e. The number of aromatic amines is 1. The molecule has 0 atom stereocenters. The van der Waals surface area contributed by atoms with Crippen LogP contribution < -0.4 is 10.6 Å². The molecule has 4 N–H and O–H groups in total. The van der Waals surface area contributed by atoms with Crippen molar-refractivity contribution in [2.24, 2.45) is 0 Å². The number of anilines is 1. The average molecular weight is 466 g/mol. The van der Waals surface area contributed by atoms with Crippen molar-refractivity contribution in [2.75, 3.05) is 12.4 Å². The van der Waals surface area contributed by atoms with Gasteiger partial charge in [0.25, 0.3) is 0 Å². The zero-order chi connectivity index (χ0) is 24.0. The summed E-state index contributed by atoms with van der Waals surface area (Å²) in [6, 6.07) is 20.8. The first-order valence-electron chi connectivity index (χ1n) is 12.0. The summed E-state index contributed by atoms with van der Waals surface area (Å²) in [5.74, 6) is 0.895. The number of rotatable bonds is 5. The van der Waals surface area contributed by atoms with Crippen molar-refractivity contribution in [1.29, 1.82) is 0 Å². The zero-order valence-corrected chi connectivity index (χ0v) is 19.6. The van der Waals surface area contributed by atoms with Gasteiger partial charge in [-0.2, -0.15) is 5.10 Å². The number of aromatic nitrogens is 3. The van der Waals surface area contributed by atoms with E-state index in [2.05, 4.69) is 51.2 Å². The van der Waals surface area contributed by atoms with Gasteiger partial charge in [-0.3, -0.25) is 10.1 Å². The Morgan fingerprint density at radius 3 is 2.43 bits per heavy atom. The molecule has 1 saturated carbocycles. The lowest BCUT2D eigenvalue weighted by molar-refractivity contribution is 0.144. The first-order chi connectivity index (χ1) is 17.1. The fourth-order valence-corrected chi connectivity index (χ4v) is 5.47. The molecule has 1 amide bonds. The molecule has 2 heterocycles. The van der Waals surface area contributed by atoms with Crippen LogP contribution >= 0.6 is 0 Å². The van der Waals surface area contributed by atoms with E-state index in [1.807, 2.05) is 37.4 Å². The Hall–Kier alpha value is -4.13. The molecular formula is C28H27N5O2. The summed E-state index contributed by atoms with van der Waals surface area (Å²) in [7, 11) is 1.89. The van der Waals surface area contributed by atoms with Gasteiger partial charge in [-0.1, -0.05) is 54.6 Å². The third kappa shape index (κ3) is 3.55. The van der Waals surface area contributed by atoms with Crippen molar-refractivity contribution in [3.63, 3.8) is 0 Å². The predicted octanol–water partition coefficient (Wildman–Crippen LogP) is 5.59. The lowest BCUT2D eigenvalue weighted by atomic mass is 9.71. The Morgan fingerprint density at radius 2 is 1.77 bits per heavy atom. The minimum absolute atomic E-state index is 0.474. The van der Waals surface area contributed by atoms with Crippen LogP contribution in [0.5, 0.6) is 0 Å². The number of amides is 1. The largest absolute Gasteiger partial charge is 0.465 e. The molecule has 6 rings (SSSR count). The first-order valence-corrected chi connectivity index (χ1v) is 12.0. The minimum atomic E-state index is -0.976. The number of benzene rings is 2. The highest BCUT2D eigenvalue weighted by Crippen LogP contribution is 2.43. The molecule has 176 valence electrons. The summed E-state index contributed by atoms with van der Waals surface area (Å²) in [6.45, 7) is 0. The summed E-state index contributed by atoms with van der Waals surface area (Å²) in [6.07, 6.45) is 3.43. The van der Waals surface area contributed by atoms with Crippen LogP contribution in [0.4, 0.5) is 10.6 Å². The maximum absolute atomic E-state index is 11.4. The molecule has 2 aliphatic carbocycles. The molecule has 2 aromatic heterocycles. The van der Waals surface area contributed by atoms with Crippen LogP contribution in [0.2, 0.25) is 0 Å². The van der Waals surface area contributed by atoms with E-state index in [4.69, 9.17) is 4.98 Å². The predicted molar refractivity (Wildman–Crippen MR) is 136 cm³/mol. The van der Waals surface area contributed by atoms with Crippen LogP contribution in [0.3, 0.4) is 0 Å². The standard InChI is InChI=1S/C28H27N5O2/c1-29-26-20-12-13-23-22(25(20)32-33-26)16-21(17-6-3-2-4-7-17)24(30-23)18-8-10-19(11-9-18)28(14-5-15-28)31-27(34)35/h2-4,6-11,16,31H,5,12-15H2,1H3,(H,34,35)(H2,29,32,33). The molecule has 2 aromatic carbocycles. The third-order valence-corrected chi connectivity index (χ3v) is 7.44. The summed E-state index contributed by atoms with van der Waals surface area (Å²) in [5.41, 5.74) is 9.05. The highest BCUT2D eigenvalue weighted by molar-refractivity contribution is 5.86. The summed E-state index contributed by atoms with van der Waals surface area (Å²) in [4.78, 5) is 16.6. The smallest absolute Gasteiger partial charge is 0.405 e. The van der Waals surface area contributed by atoms with Gasteiger partial charge in [-0.05, 0) is 49.3 Å². The van der Waals surface area contributed by atoms with E-state index >= 15 is 0 Å². The molecule has 0 bridgehead atoms. The van der Waals surface area contributed by atoms with Crippen molar-refractivity contribution in [3.8, 4) is 33.6 Å². The van der Waals surface area contributed by atoms with Gasteiger partial charge in [0.2, 0.25) is 0 Å². The SMILES string of the molecule is CNc1n[nH]c2c1CCc1nc(-c3ccc(C4(NC(=O)O)CCC4)cc3)c(-c3ccccc3)cc1-2. The zero-order valence-electron chi connectivity index (χ0n) is 19.6. The van der Waals surface area contributed by atoms with Crippen LogP contribution in [0.1, 0.15) is 36.1 Å². The van der Waals surface area contributed by atoms with Crippen molar-refractivity contribution in [3.05, 3.63) is 77.5 Å². The second-order valence-corrected chi connectivity index (χ2v) is 9.36. The fourth-order valence-electron chi connectivity index (χ4n) is 5.47. The number of H-pyrrole nitrogens is 1. The highest BCUT2D eigenvalue weighted by Gasteiger charge is 2.40. The minimum Gasteiger partial charge on any atom is -0.465 e. The van der Waals surface area contributed by atoms with Crippen LogP contribution in [-0.4, -0.2) is 33.4 Å². The molecule has 7 heteroatoms. The van der Waals surface area contributed by atoms with Gasteiger partial charge in [0.05, 0.1) is 22.6 Å². The van der Waals surface area contributed by atoms with Crippen LogP contribution in [0, 0.1) is 0 Å². The Morgan fingerprint density at radius 1 is 1.00 bits per heavy atom. The molecule has 0 spiro atoms. The van der Waals surface area contributed by atoms with Gasteiger partial charge < -0.3 is 15.7 Å². The Balaban J connectivity index is 1.47. The lowest BCUT2D eigenvalue weighted by Gasteiger charge is -2.42. The molecule has 35 heavy (non-hydrogen) atoms.